The molecular weight excluding hydrogens is 188 g/mol. The Labute approximate surface area is 79.8 Å². The molecule has 1 rings (SSSR count). The van der Waals surface area contributed by atoms with Gasteiger partial charge in [0.1, 0.15) is 5.71 Å². The number of aromatic nitrogens is 1. The topological polar surface area (TPSA) is 74.0 Å². The average Bonchev–Trinajstić information content (AvgIpc) is 2.56. The number of hydrogen-bond donors (Lipinski definition) is 2. The summed E-state index contributed by atoms with van der Waals surface area (Å²) in [6, 6.07) is 0. The molecule has 0 amide bonds. The van der Waals surface area contributed by atoms with E-state index in [2.05, 4.69) is 4.98 Å². The van der Waals surface area contributed by atoms with Crippen molar-refractivity contribution in [3.63, 3.8) is 0 Å². The Hall–Kier alpha value is -1.23. The van der Waals surface area contributed by atoms with Gasteiger partial charge >= 0.3 is 5.97 Å². The van der Waals surface area contributed by atoms with Crippen molar-refractivity contribution in [2.45, 2.75) is 19.3 Å². The van der Waals surface area contributed by atoms with Crippen LogP contribution in [0.1, 0.15) is 17.8 Å². The SMILES string of the molecule is N=C(CCCc1nccs1)C(=O)O. The fourth-order valence-corrected chi connectivity index (χ4v) is 1.56. The molecule has 0 spiro atoms. The van der Waals surface area contributed by atoms with Gasteiger partial charge in [0.2, 0.25) is 0 Å². The van der Waals surface area contributed by atoms with Crippen LogP contribution >= 0.6 is 11.3 Å². The normalized spacial score (nSPS) is 9.85. The summed E-state index contributed by atoms with van der Waals surface area (Å²) >= 11 is 1.55. The Kier molecular flexibility index (Phi) is 3.57. The highest BCUT2D eigenvalue weighted by molar-refractivity contribution is 7.09. The molecule has 0 bridgehead atoms. The van der Waals surface area contributed by atoms with Crippen molar-refractivity contribution < 1.29 is 9.90 Å². The molecule has 70 valence electrons. The molecule has 0 unspecified atom stereocenters. The largest absolute Gasteiger partial charge is 0.477 e. The fraction of sp³-hybridized carbons (Fsp3) is 0.375. The summed E-state index contributed by atoms with van der Waals surface area (Å²) < 4.78 is 0. The molecule has 5 heteroatoms. The minimum atomic E-state index is -1.13. The summed E-state index contributed by atoms with van der Waals surface area (Å²) in [6.45, 7) is 0. The molecule has 0 aromatic carbocycles. The van der Waals surface area contributed by atoms with Crippen LogP contribution in [0, 0.1) is 5.41 Å². The number of carboxylic acid groups (broad SMARTS) is 1. The van der Waals surface area contributed by atoms with E-state index in [-0.39, 0.29) is 5.71 Å². The first-order chi connectivity index (χ1) is 6.20. The van der Waals surface area contributed by atoms with Gasteiger partial charge in [-0.25, -0.2) is 9.78 Å². The molecule has 0 saturated heterocycles. The number of carboxylic acids is 1. The van der Waals surface area contributed by atoms with Crippen molar-refractivity contribution in [1.29, 1.82) is 5.41 Å². The van der Waals surface area contributed by atoms with Crippen molar-refractivity contribution in [1.82, 2.24) is 4.98 Å². The zero-order chi connectivity index (χ0) is 9.68. The van der Waals surface area contributed by atoms with Gasteiger partial charge in [-0.3, -0.25) is 5.41 Å². The first-order valence-electron chi connectivity index (χ1n) is 3.89. The first kappa shape index (κ1) is 9.85. The maximum absolute atomic E-state index is 10.3. The number of carbonyl (C=O) groups is 1. The Bertz CT molecular complexity index is 295. The van der Waals surface area contributed by atoms with Crippen molar-refractivity contribution in [3.8, 4) is 0 Å². The number of hydrogen-bond acceptors (Lipinski definition) is 4. The highest BCUT2D eigenvalue weighted by Gasteiger charge is 2.06. The molecule has 0 aliphatic rings. The molecular formula is C8H10N2O2S. The molecule has 13 heavy (non-hydrogen) atoms. The third-order valence-electron chi connectivity index (χ3n) is 1.56. The molecule has 1 aromatic rings. The lowest BCUT2D eigenvalue weighted by atomic mass is 10.2. The molecule has 0 atom stereocenters. The molecule has 0 radical (unpaired) electrons. The number of nitrogens with zero attached hydrogens (tertiary/aromatic N) is 1. The van der Waals surface area contributed by atoms with E-state index in [1.165, 1.54) is 0 Å². The van der Waals surface area contributed by atoms with Crippen molar-refractivity contribution in [2.75, 3.05) is 0 Å². The predicted molar refractivity (Wildman–Crippen MR) is 50.4 cm³/mol. The van der Waals surface area contributed by atoms with Crippen LogP contribution in [-0.2, 0) is 11.2 Å². The molecule has 0 aliphatic carbocycles. The number of thiazole rings is 1. The summed E-state index contributed by atoms with van der Waals surface area (Å²) in [7, 11) is 0. The number of nitrogens with one attached hydrogen (secondary N) is 1. The monoisotopic (exact) mass is 198 g/mol. The van der Waals surface area contributed by atoms with Crippen LogP contribution in [0.15, 0.2) is 11.6 Å². The van der Waals surface area contributed by atoms with Crippen LogP contribution < -0.4 is 0 Å². The van der Waals surface area contributed by atoms with Crippen LogP contribution in [0.2, 0.25) is 0 Å². The predicted octanol–water partition coefficient (Wildman–Crippen LogP) is 1.57. The van der Waals surface area contributed by atoms with E-state index in [1.54, 1.807) is 17.5 Å². The van der Waals surface area contributed by atoms with Crippen molar-refractivity contribution in [3.05, 3.63) is 16.6 Å². The smallest absolute Gasteiger partial charge is 0.349 e. The zero-order valence-electron chi connectivity index (χ0n) is 6.99. The Morgan fingerprint density at radius 2 is 2.46 bits per heavy atom. The highest BCUT2D eigenvalue weighted by atomic mass is 32.1. The van der Waals surface area contributed by atoms with E-state index in [4.69, 9.17) is 10.5 Å². The van der Waals surface area contributed by atoms with E-state index in [9.17, 15) is 4.79 Å². The van der Waals surface area contributed by atoms with E-state index in [1.807, 2.05) is 5.38 Å². The summed E-state index contributed by atoms with van der Waals surface area (Å²) in [5, 5.41) is 18.3. The first-order valence-corrected chi connectivity index (χ1v) is 4.77. The summed E-state index contributed by atoms with van der Waals surface area (Å²) in [5.74, 6) is -1.13. The lowest BCUT2D eigenvalue weighted by Crippen LogP contribution is -2.11. The standard InChI is InChI=1S/C8H10N2O2S/c9-6(8(11)12)2-1-3-7-10-4-5-13-7/h4-5,9H,1-3H2,(H,11,12). The van der Waals surface area contributed by atoms with E-state index >= 15 is 0 Å². The number of rotatable bonds is 5. The third kappa shape index (κ3) is 3.33. The Morgan fingerprint density at radius 1 is 1.69 bits per heavy atom. The van der Waals surface area contributed by atoms with Gasteiger partial charge in [0.05, 0.1) is 5.01 Å². The van der Waals surface area contributed by atoms with Gasteiger partial charge in [0.25, 0.3) is 0 Å². The Balaban J connectivity index is 2.22. The molecule has 1 aromatic heterocycles. The van der Waals surface area contributed by atoms with E-state index < -0.39 is 5.97 Å². The lowest BCUT2D eigenvalue weighted by molar-refractivity contribution is -0.129. The second-order valence-corrected chi connectivity index (χ2v) is 3.54. The van der Waals surface area contributed by atoms with Gasteiger partial charge in [0, 0.05) is 11.6 Å². The third-order valence-corrected chi connectivity index (χ3v) is 2.40. The van der Waals surface area contributed by atoms with Crippen LogP contribution in [0.5, 0.6) is 0 Å². The van der Waals surface area contributed by atoms with Gasteiger partial charge in [-0.2, -0.15) is 0 Å². The summed E-state index contributed by atoms with van der Waals surface area (Å²) in [4.78, 5) is 14.3. The highest BCUT2D eigenvalue weighted by Crippen LogP contribution is 2.08. The molecule has 2 N–H and O–H groups in total. The molecule has 4 nitrogen and oxygen atoms in total. The van der Waals surface area contributed by atoms with Crippen molar-refractivity contribution in [2.24, 2.45) is 0 Å². The maximum Gasteiger partial charge on any atom is 0.349 e. The minimum Gasteiger partial charge on any atom is -0.477 e. The maximum atomic E-state index is 10.3. The van der Waals surface area contributed by atoms with Crippen LogP contribution in [-0.4, -0.2) is 21.8 Å². The second kappa shape index (κ2) is 4.71. The van der Waals surface area contributed by atoms with Gasteiger partial charge < -0.3 is 5.11 Å². The number of aliphatic carboxylic acids is 1. The minimum absolute atomic E-state index is 0.225. The van der Waals surface area contributed by atoms with Crippen LogP contribution in [0.4, 0.5) is 0 Å². The summed E-state index contributed by atoms with van der Waals surface area (Å²) in [5.41, 5.74) is -0.225. The van der Waals surface area contributed by atoms with E-state index in [0.29, 0.717) is 12.8 Å². The lowest BCUT2D eigenvalue weighted by Gasteiger charge is -1.96. The fourth-order valence-electron chi connectivity index (χ4n) is 0.900. The van der Waals surface area contributed by atoms with Crippen molar-refractivity contribution >= 4 is 23.0 Å². The quantitative estimate of drug-likeness (QED) is 0.705. The molecule has 1 heterocycles. The zero-order valence-corrected chi connectivity index (χ0v) is 7.80. The van der Waals surface area contributed by atoms with Crippen LogP contribution in [0.3, 0.4) is 0 Å². The van der Waals surface area contributed by atoms with Gasteiger partial charge in [0.15, 0.2) is 0 Å². The average molecular weight is 198 g/mol. The van der Waals surface area contributed by atoms with E-state index in [0.717, 1.165) is 11.4 Å². The van der Waals surface area contributed by atoms with Gasteiger partial charge in [-0.1, -0.05) is 0 Å². The van der Waals surface area contributed by atoms with Gasteiger partial charge in [-0.15, -0.1) is 11.3 Å². The molecule has 0 aliphatic heterocycles. The van der Waals surface area contributed by atoms with Crippen LogP contribution in [0.25, 0.3) is 0 Å². The second-order valence-electron chi connectivity index (χ2n) is 2.56. The Morgan fingerprint density at radius 3 is 3.00 bits per heavy atom. The number of aryl methyl sites for hydroxylation is 1. The molecule has 0 saturated carbocycles. The summed E-state index contributed by atoms with van der Waals surface area (Å²) in [6.07, 6.45) is 3.48. The molecule has 0 fully saturated rings. The van der Waals surface area contributed by atoms with Gasteiger partial charge in [-0.05, 0) is 19.3 Å².